The van der Waals surface area contributed by atoms with Crippen LogP contribution in [0.15, 0.2) is 189 Å². The van der Waals surface area contributed by atoms with E-state index in [1.807, 2.05) is 24.8 Å². The Morgan fingerprint density at radius 1 is 0.509 bits per heavy atom. The molecule has 57 heavy (non-hydrogen) atoms. The monoisotopic (exact) mass is 728 g/mol. The molecule has 0 bridgehead atoms. The summed E-state index contributed by atoms with van der Waals surface area (Å²) in [6, 6.07) is 57.7. The molecule has 0 amide bonds. The van der Waals surface area contributed by atoms with Crippen LogP contribution in [0.3, 0.4) is 0 Å². The molecule has 5 heterocycles. The van der Waals surface area contributed by atoms with Gasteiger partial charge in [0.25, 0.3) is 0 Å². The second-order valence-electron chi connectivity index (χ2n) is 15.0. The average Bonchev–Trinajstić information content (AvgIpc) is 3.92. The van der Waals surface area contributed by atoms with Gasteiger partial charge in [0.15, 0.2) is 0 Å². The summed E-state index contributed by atoms with van der Waals surface area (Å²) in [6.45, 7) is 0.673. The van der Waals surface area contributed by atoms with E-state index < -0.39 is 5.41 Å². The molecule has 0 radical (unpaired) electrons. The highest BCUT2D eigenvalue weighted by Gasteiger charge is 2.47. The first-order valence-corrected chi connectivity index (χ1v) is 19.4. The Hall–Kier alpha value is -7.50. The van der Waals surface area contributed by atoms with Gasteiger partial charge in [-0.3, -0.25) is 9.97 Å². The van der Waals surface area contributed by atoms with Crippen LogP contribution in [-0.2, 0) is 12.0 Å². The summed E-state index contributed by atoms with van der Waals surface area (Å²) in [6.07, 6.45) is 11.9. The smallest absolute Gasteiger partial charge is 0.0714 e. The van der Waals surface area contributed by atoms with Crippen molar-refractivity contribution in [2.45, 2.75) is 12.0 Å². The van der Waals surface area contributed by atoms with Crippen molar-refractivity contribution in [2.24, 2.45) is 0 Å². The molecule has 0 fully saturated rings. The van der Waals surface area contributed by atoms with Crippen molar-refractivity contribution >= 4 is 38.8 Å². The molecule has 1 aliphatic carbocycles. The van der Waals surface area contributed by atoms with Crippen molar-refractivity contribution in [2.75, 3.05) is 0 Å². The molecule has 268 valence electrons. The number of para-hydroxylation sites is 1. The quantitative estimate of drug-likeness (QED) is 0.177. The van der Waals surface area contributed by atoms with Crippen molar-refractivity contribution < 1.29 is 0 Å². The van der Waals surface area contributed by atoms with Crippen LogP contribution in [0.1, 0.15) is 33.5 Å². The molecule has 0 saturated heterocycles. The highest BCUT2D eigenvalue weighted by Crippen LogP contribution is 2.58. The maximum absolute atomic E-state index is 4.73. The number of aromatic nitrogens is 4. The van der Waals surface area contributed by atoms with E-state index in [-0.39, 0.29) is 0 Å². The third-order valence-corrected chi connectivity index (χ3v) is 12.2. The molecule has 0 unspecified atom stereocenters. The lowest BCUT2D eigenvalue weighted by Gasteiger charge is -2.33. The summed E-state index contributed by atoms with van der Waals surface area (Å²) < 4.78 is 4.75. The molecule has 5 nitrogen and oxygen atoms in total. The minimum absolute atomic E-state index is 0.484. The Kier molecular flexibility index (Phi) is 6.84. The maximum Gasteiger partial charge on any atom is 0.0714 e. The number of fused-ring (bicyclic) bond motifs is 10. The van der Waals surface area contributed by atoms with E-state index in [0.29, 0.717) is 6.54 Å². The molecular weight excluding hydrogens is 695 g/mol. The molecule has 0 atom stereocenters. The third kappa shape index (κ3) is 4.45. The van der Waals surface area contributed by atoms with Gasteiger partial charge >= 0.3 is 0 Å². The largest absolute Gasteiger partial charge is 0.687 e. The Morgan fingerprint density at radius 3 is 1.88 bits per heavy atom. The standard InChI is InChI=1S/C52H34N5/c1-3-9-36(10-4-1)52(37-11-5-2-6-12-37)44-25-28-53-33-43(44)50-45(52)23-24-49-51(50)40-13-7-8-14-46(40)57(49)39-21-17-35(18-22-39)34-15-19-38(20-16-34)56-47-26-29-54-31-41(47)42-32-55-30-27-48(42)56/h1-31,33H,32H2/q-1. The summed E-state index contributed by atoms with van der Waals surface area (Å²) in [5.41, 5.74) is 17.5. The van der Waals surface area contributed by atoms with Crippen LogP contribution in [-0.4, -0.2) is 19.1 Å². The fraction of sp³-hybridized carbons (Fsp3) is 0.0385. The maximum atomic E-state index is 4.73. The minimum Gasteiger partial charge on any atom is -0.687 e. The fourth-order valence-corrected chi connectivity index (χ4v) is 9.87. The van der Waals surface area contributed by atoms with Crippen molar-refractivity contribution in [1.82, 2.24) is 19.1 Å². The highest BCUT2D eigenvalue weighted by molar-refractivity contribution is 6.18. The highest BCUT2D eigenvalue weighted by atomic mass is 15.0. The number of rotatable bonds is 5. The van der Waals surface area contributed by atoms with Gasteiger partial charge in [0.05, 0.1) is 22.0 Å². The van der Waals surface area contributed by atoms with Gasteiger partial charge in [0.1, 0.15) is 0 Å². The fourth-order valence-electron chi connectivity index (χ4n) is 9.87. The van der Waals surface area contributed by atoms with Gasteiger partial charge < -0.3 is 14.5 Å². The molecule has 0 saturated carbocycles. The zero-order valence-electron chi connectivity index (χ0n) is 30.9. The molecule has 4 aromatic heterocycles. The van der Waals surface area contributed by atoms with E-state index in [4.69, 9.17) is 4.98 Å². The van der Waals surface area contributed by atoms with Gasteiger partial charge in [0, 0.05) is 63.6 Å². The lowest BCUT2D eigenvalue weighted by atomic mass is 9.68. The molecule has 10 aromatic rings. The predicted molar refractivity (Wildman–Crippen MR) is 232 cm³/mol. The van der Waals surface area contributed by atoms with Crippen LogP contribution < -0.4 is 0 Å². The van der Waals surface area contributed by atoms with Crippen LogP contribution >= 0.6 is 0 Å². The number of hydrogen-bond acceptors (Lipinski definition) is 2. The molecular formula is C52H34N5-. The summed E-state index contributed by atoms with van der Waals surface area (Å²) in [4.78, 5) is 9.14. The first-order valence-electron chi connectivity index (χ1n) is 19.4. The second-order valence-corrected chi connectivity index (χ2v) is 15.0. The van der Waals surface area contributed by atoms with Crippen LogP contribution in [0.4, 0.5) is 0 Å². The Balaban J connectivity index is 1.000. The van der Waals surface area contributed by atoms with Crippen LogP contribution in [0.25, 0.3) is 77.7 Å². The van der Waals surface area contributed by atoms with E-state index in [1.54, 1.807) is 0 Å². The number of pyridine rings is 2. The van der Waals surface area contributed by atoms with E-state index in [2.05, 4.69) is 189 Å². The summed E-state index contributed by atoms with van der Waals surface area (Å²) in [7, 11) is 0. The molecule has 6 aromatic carbocycles. The lowest BCUT2D eigenvalue weighted by Crippen LogP contribution is -2.28. The van der Waals surface area contributed by atoms with Gasteiger partial charge in [-0.15, -0.1) is 6.54 Å². The Bertz CT molecular complexity index is 3170. The van der Waals surface area contributed by atoms with Crippen molar-refractivity contribution in [3.63, 3.8) is 0 Å². The number of nitrogens with zero attached hydrogens (tertiary/aromatic N) is 5. The molecule has 12 rings (SSSR count). The first kappa shape index (κ1) is 31.8. The van der Waals surface area contributed by atoms with Crippen molar-refractivity contribution in [3.05, 3.63) is 228 Å². The first-order chi connectivity index (χ1) is 28.3. The zero-order valence-corrected chi connectivity index (χ0v) is 30.9. The third-order valence-electron chi connectivity index (χ3n) is 12.2. The number of benzene rings is 6. The number of hydrogen-bond donors (Lipinski definition) is 0. The van der Waals surface area contributed by atoms with Gasteiger partial charge in [-0.05, 0) is 93.0 Å². The van der Waals surface area contributed by atoms with Gasteiger partial charge in [0.2, 0.25) is 0 Å². The molecule has 1 aliphatic heterocycles. The Labute approximate surface area is 329 Å². The SMILES string of the molecule is C1=Cc2c(c3cnccc3n2-c2ccc(-c3ccc(-n4c5ccccc5c5c6c(ccc54)C(c4ccccc4)(c4ccccc4)c4ccncc4-6)cc3)cc2)C[N-]1. The summed E-state index contributed by atoms with van der Waals surface area (Å²) in [5.74, 6) is 0. The van der Waals surface area contributed by atoms with Gasteiger partial charge in [-0.1, -0.05) is 115 Å². The van der Waals surface area contributed by atoms with E-state index in [9.17, 15) is 0 Å². The normalized spacial score (nSPS) is 13.8. The zero-order chi connectivity index (χ0) is 37.5. The van der Waals surface area contributed by atoms with Gasteiger partial charge in [-0.2, -0.15) is 6.20 Å². The van der Waals surface area contributed by atoms with Gasteiger partial charge in [-0.25, -0.2) is 0 Å². The lowest BCUT2D eigenvalue weighted by molar-refractivity contribution is 0.767. The van der Waals surface area contributed by atoms with Crippen LogP contribution in [0.2, 0.25) is 0 Å². The van der Waals surface area contributed by atoms with Crippen LogP contribution in [0, 0.1) is 0 Å². The molecule has 2 aliphatic rings. The topological polar surface area (TPSA) is 49.7 Å². The average molecular weight is 729 g/mol. The van der Waals surface area contributed by atoms with E-state index in [0.717, 1.165) is 22.3 Å². The summed E-state index contributed by atoms with van der Waals surface area (Å²) in [5, 5.41) is 8.16. The van der Waals surface area contributed by atoms with Crippen molar-refractivity contribution in [1.29, 1.82) is 0 Å². The molecule has 0 N–H and O–H groups in total. The second kappa shape index (κ2) is 12.3. The predicted octanol–water partition coefficient (Wildman–Crippen LogP) is 12.4. The van der Waals surface area contributed by atoms with E-state index in [1.165, 1.54) is 77.6 Å². The summed E-state index contributed by atoms with van der Waals surface area (Å²) >= 11 is 0. The minimum atomic E-state index is -0.484. The molecule has 5 heteroatoms. The van der Waals surface area contributed by atoms with E-state index >= 15 is 0 Å². The van der Waals surface area contributed by atoms with Crippen LogP contribution in [0.5, 0.6) is 0 Å². The van der Waals surface area contributed by atoms with Crippen molar-refractivity contribution in [3.8, 4) is 33.6 Å². The Morgan fingerprint density at radius 2 is 1.14 bits per heavy atom. The molecule has 0 spiro atoms.